The molecule has 3 heteroatoms. The molecular formula is C14H24N2O. The second-order valence-electron chi connectivity index (χ2n) is 5.48. The summed E-state index contributed by atoms with van der Waals surface area (Å²) in [4.78, 5) is 14.3. The molecule has 0 aromatic rings. The van der Waals surface area contributed by atoms with Crippen LogP contribution in [0.4, 0.5) is 0 Å². The highest BCUT2D eigenvalue weighted by Gasteiger charge is 2.30. The van der Waals surface area contributed by atoms with Gasteiger partial charge in [0.15, 0.2) is 0 Å². The lowest BCUT2D eigenvalue weighted by atomic mass is 9.95. The van der Waals surface area contributed by atoms with Crippen molar-refractivity contribution >= 4 is 5.91 Å². The third-order valence-corrected chi connectivity index (χ3v) is 4.03. The topological polar surface area (TPSA) is 46.3 Å². The normalized spacial score (nSPS) is 30.6. The Labute approximate surface area is 104 Å². The van der Waals surface area contributed by atoms with Crippen molar-refractivity contribution in [1.29, 1.82) is 0 Å². The summed E-state index contributed by atoms with van der Waals surface area (Å²) in [5.41, 5.74) is 6.00. The average Bonchev–Trinajstić information content (AvgIpc) is 2.81. The number of hydrogen-bond donors (Lipinski definition) is 1. The molecule has 1 amide bonds. The van der Waals surface area contributed by atoms with Crippen LogP contribution in [0.1, 0.15) is 45.4 Å². The van der Waals surface area contributed by atoms with Gasteiger partial charge in [-0.3, -0.25) is 4.79 Å². The van der Waals surface area contributed by atoms with E-state index in [-0.39, 0.29) is 12.1 Å². The Bertz CT molecular complexity index is 299. The van der Waals surface area contributed by atoms with Crippen molar-refractivity contribution in [3.05, 3.63) is 12.2 Å². The van der Waals surface area contributed by atoms with Gasteiger partial charge in [0.2, 0.25) is 5.91 Å². The van der Waals surface area contributed by atoms with Crippen molar-refractivity contribution in [3.63, 3.8) is 0 Å². The summed E-state index contributed by atoms with van der Waals surface area (Å²) in [6.45, 7) is 2.92. The number of amides is 1. The van der Waals surface area contributed by atoms with Crippen LogP contribution in [-0.4, -0.2) is 29.4 Å². The third kappa shape index (κ3) is 3.09. The number of likely N-dealkylation sites (tertiary alicyclic amines) is 1. The van der Waals surface area contributed by atoms with Crippen molar-refractivity contribution in [2.75, 3.05) is 6.54 Å². The molecule has 1 aliphatic heterocycles. The second-order valence-corrected chi connectivity index (χ2v) is 5.48. The van der Waals surface area contributed by atoms with Gasteiger partial charge in [0.25, 0.3) is 0 Å². The minimum Gasteiger partial charge on any atom is -0.338 e. The molecule has 1 heterocycles. The molecule has 1 saturated heterocycles. The van der Waals surface area contributed by atoms with Crippen molar-refractivity contribution < 1.29 is 4.79 Å². The summed E-state index contributed by atoms with van der Waals surface area (Å²) in [5.74, 6) is 0.779. The minimum absolute atomic E-state index is 0.0957. The first-order valence-electron chi connectivity index (χ1n) is 6.90. The maximum absolute atomic E-state index is 12.3. The Balaban J connectivity index is 1.93. The van der Waals surface area contributed by atoms with E-state index in [0.29, 0.717) is 18.2 Å². The standard InChI is InChI=1S/C14H24N2O/c1-11(15)13-8-4-5-9-16(13)14(17)10-12-6-2-3-7-12/h2,6,11-13H,3-5,7-10,15H2,1H3. The number of piperidine rings is 1. The molecule has 0 saturated carbocycles. The highest BCUT2D eigenvalue weighted by atomic mass is 16.2. The summed E-state index contributed by atoms with van der Waals surface area (Å²) in [7, 11) is 0. The number of carbonyl (C=O) groups excluding carboxylic acids is 1. The molecule has 2 N–H and O–H groups in total. The number of nitrogens with two attached hydrogens (primary N) is 1. The van der Waals surface area contributed by atoms with Crippen LogP contribution >= 0.6 is 0 Å². The van der Waals surface area contributed by atoms with E-state index in [1.165, 1.54) is 6.42 Å². The SMILES string of the molecule is CC(N)C1CCCCN1C(=O)CC1C=CCC1. The largest absolute Gasteiger partial charge is 0.338 e. The Hall–Kier alpha value is -0.830. The van der Waals surface area contributed by atoms with E-state index in [2.05, 4.69) is 12.2 Å². The highest BCUT2D eigenvalue weighted by molar-refractivity contribution is 5.77. The van der Waals surface area contributed by atoms with Gasteiger partial charge in [-0.25, -0.2) is 0 Å². The predicted octanol–water partition coefficient (Wildman–Crippen LogP) is 2.07. The fourth-order valence-electron chi connectivity index (χ4n) is 3.02. The van der Waals surface area contributed by atoms with Gasteiger partial charge >= 0.3 is 0 Å². The van der Waals surface area contributed by atoms with E-state index in [9.17, 15) is 4.79 Å². The molecule has 0 aromatic carbocycles. The lowest BCUT2D eigenvalue weighted by molar-refractivity contribution is -0.136. The highest BCUT2D eigenvalue weighted by Crippen LogP contribution is 2.25. The van der Waals surface area contributed by atoms with Crippen molar-refractivity contribution in [2.24, 2.45) is 11.7 Å². The molecule has 1 aliphatic carbocycles. The molecule has 3 atom stereocenters. The predicted molar refractivity (Wildman–Crippen MR) is 69.5 cm³/mol. The van der Waals surface area contributed by atoms with Gasteiger partial charge in [-0.2, -0.15) is 0 Å². The molecule has 1 fully saturated rings. The summed E-state index contributed by atoms with van der Waals surface area (Å²) >= 11 is 0. The number of hydrogen-bond acceptors (Lipinski definition) is 2. The molecule has 0 spiro atoms. The summed E-state index contributed by atoms with van der Waals surface area (Å²) < 4.78 is 0. The minimum atomic E-state index is 0.0957. The van der Waals surface area contributed by atoms with E-state index in [4.69, 9.17) is 5.73 Å². The number of carbonyl (C=O) groups is 1. The maximum atomic E-state index is 12.3. The number of nitrogens with zero attached hydrogens (tertiary/aromatic N) is 1. The molecule has 17 heavy (non-hydrogen) atoms. The van der Waals surface area contributed by atoms with Gasteiger partial charge in [-0.05, 0) is 44.9 Å². The van der Waals surface area contributed by atoms with Crippen LogP contribution in [-0.2, 0) is 4.79 Å². The molecule has 0 radical (unpaired) electrons. The molecule has 0 aromatic heterocycles. The number of allylic oxidation sites excluding steroid dienone is 2. The maximum Gasteiger partial charge on any atom is 0.223 e. The van der Waals surface area contributed by atoms with Crippen LogP contribution in [0.2, 0.25) is 0 Å². The van der Waals surface area contributed by atoms with Crippen molar-refractivity contribution in [1.82, 2.24) is 4.90 Å². The van der Waals surface area contributed by atoms with Crippen LogP contribution in [0.15, 0.2) is 12.2 Å². The van der Waals surface area contributed by atoms with Crippen LogP contribution in [0, 0.1) is 5.92 Å². The molecule has 0 bridgehead atoms. The lowest BCUT2D eigenvalue weighted by Gasteiger charge is -2.38. The average molecular weight is 236 g/mol. The smallest absolute Gasteiger partial charge is 0.223 e. The van der Waals surface area contributed by atoms with Crippen LogP contribution in [0.25, 0.3) is 0 Å². The Morgan fingerprint density at radius 2 is 2.29 bits per heavy atom. The van der Waals surface area contributed by atoms with Crippen LogP contribution in [0.5, 0.6) is 0 Å². The quantitative estimate of drug-likeness (QED) is 0.763. The van der Waals surface area contributed by atoms with Crippen molar-refractivity contribution in [3.8, 4) is 0 Å². The summed E-state index contributed by atoms with van der Waals surface area (Å²) in [5, 5.41) is 0. The zero-order valence-corrected chi connectivity index (χ0v) is 10.8. The van der Waals surface area contributed by atoms with Gasteiger partial charge in [0.1, 0.15) is 0 Å². The van der Waals surface area contributed by atoms with Gasteiger partial charge in [-0.1, -0.05) is 12.2 Å². The van der Waals surface area contributed by atoms with Crippen LogP contribution < -0.4 is 5.73 Å². The lowest BCUT2D eigenvalue weighted by Crippen LogP contribution is -2.51. The van der Waals surface area contributed by atoms with Crippen molar-refractivity contribution in [2.45, 2.75) is 57.5 Å². The molecule has 3 unspecified atom stereocenters. The molecule has 3 nitrogen and oxygen atoms in total. The number of rotatable bonds is 3. The molecule has 96 valence electrons. The van der Waals surface area contributed by atoms with E-state index in [1.54, 1.807) is 0 Å². The zero-order valence-electron chi connectivity index (χ0n) is 10.8. The summed E-state index contributed by atoms with van der Waals surface area (Å²) in [6.07, 6.45) is 10.8. The fourth-order valence-corrected chi connectivity index (χ4v) is 3.02. The fraction of sp³-hybridized carbons (Fsp3) is 0.786. The summed E-state index contributed by atoms with van der Waals surface area (Å²) in [6, 6.07) is 0.361. The zero-order chi connectivity index (χ0) is 12.3. The van der Waals surface area contributed by atoms with E-state index < -0.39 is 0 Å². The molecular weight excluding hydrogens is 212 g/mol. The first kappa shape index (κ1) is 12.6. The first-order valence-corrected chi connectivity index (χ1v) is 6.90. The van der Waals surface area contributed by atoms with Gasteiger partial charge in [-0.15, -0.1) is 0 Å². The van der Waals surface area contributed by atoms with Gasteiger partial charge in [0.05, 0.1) is 0 Å². The first-order chi connectivity index (χ1) is 8.18. The van der Waals surface area contributed by atoms with E-state index >= 15 is 0 Å². The van der Waals surface area contributed by atoms with E-state index in [0.717, 1.165) is 32.2 Å². The second kappa shape index (κ2) is 5.67. The molecule has 2 aliphatic rings. The van der Waals surface area contributed by atoms with E-state index in [1.807, 2.05) is 11.8 Å². The Kier molecular flexibility index (Phi) is 4.21. The Morgan fingerprint density at radius 3 is 2.94 bits per heavy atom. The Morgan fingerprint density at radius 1 is 1.47 bits per heavy atom. The molecule has 2 rings (SSSR count). The monoisotopic (exact) mass is 236 g/mol. The third-order valence-electron chi connectivity index (χ3n) is 4.03. The van der Waals surface area contributed by atoms with Gasteiger partial charge < -0.3 is 10.6 Å². The van der Waals surface area contributed by atoms with Crippen LogP contribution in [0.3, 0.4) is 0 Å². The van der Waals surface area contributed by atoms with Gasteiger partial charge in [0, 0.05) is 25.0 Å².